The predicted octanol–water partition coefficient (Wildman–Crippen LogP) is 14.4. The fraction of sp³-hybridized carbons (Fsp3) is 0.298. The lowest BCUT2D eigenvalue weighted by Crippen LogP contribution is -2.61. The summed E-state index contributed by atoms with van der Waals surface area (Å²) in [7, 11) is 0. The molecule has 8 aromatic rings. The van der Waals surface area contributed by atoms with Crippen LogP contribution in [0.25, 0.3) is 33.1 Å². The van der Waals surface area contributed by atoms with Gasteiger partial charge in [-0.05, 0) is 160 Å². The number of hydrogen-bond acceptors (Lipinski definition) is 4. The van der Waals surface area contributed by atoms with Gasteiger partial charge in [-0.25, -0.2) is 0 Å². The molecule has 312 valence electrons. The SMILES string of the molecule is Cc1cc2c3c(c1)N(c1c(C)cc(C(C)(C)C)cc1C)c1c(oc4ccc(C(C)(C)C)cc14)B3c1cc(C(C)(C)C)ccc1N2c1c(C)cc(-c2coc3ccccc23)cc1C. The second kappa shape index (κ2) is 13.5. The summed E-state index contributed by atoms with van der Waals surface area (Å²) >= 11 is 0. The van der Waals surface area contributed by atoms with Gasteiger partial charge in [0, 0.05) is 33.4 Å². The largest absolute Gasteiger partial charge is 0.468 e. The molecule has 2 aliphatic heterocycles. The Balaban J connectivity index is 1.30. The van der Waals surface area contributed by atoms with Gasteiger partial charge in [-0.2, -0.15) is 0 Å². The van der Waals surface area contributed by atoms with E-state index in [9.17, 15) is 0 Å². The van der Waals surface area contributed by atoms with Gasteiger partial charge in [0.1, 0.15) is 11.2 Å². The van der Waals surface area contributed by atoms with E-state index in [0.29, 0.717) is 0 Å². The molecule has 4 heterocycles. The van der Waals surface area contributed by atoms with Gasteiger partial charge in [-0.1, -0.05) is 111 Å². The highest BCUT2D eigenvalue weighted by atomic mass is 16.3. The van der Waals surface area contributed by atoms with Crippen LogP contribution in [-0.4, -0.2) is 6.71 Å². The highest BCUT2D eigenvalue weighted by molar-refractivity contribution is 7.00. The maximum atomic E-state index is 7.34. The lowest BCUT2D eigenvalue weighted by atomic mass is 9.35. The quantitative estimate of drug-likeness (QED) is 0.166. The molecule has 0 saturated heterocycles. The molecular formula is C57H59BN2O2. The Morgan fingerprint density at radius 1 is 0.484 bits per heavy atom. The first kappa shape index (κ1) is 40.2. The van der Waals surface area contributed by atoms with Crippen molar-refractivity contribution in [2.24, 2.45) is 0 Å². The Hall–Kier alpha value is -5.94. The zero-order valence-corrected chi connectivity index (χ0v) is 39.1. The normalized spacial score (nSPS) is 13.9. The van der Waals surface area contributed by atoms with Gasteiger partial charge < -0.3 is 18.6 Å². The van der Waals surface area contributed by atoms with E-state index in [2.05, 4.69) is 192 Å². The minimum atomic E-state index is -0.127. The van der Waals surface area contributed by atoms with E-state index in [1.165, 1.54) is 83.9 Å². The van der Waals surface area contributed by atoms with Crippen molar-refractivity contribution in [3.63, 3.8) is 0 Å². The highest BCUT2D eigenvalue weighted by Gasteiger charge is 2.48. The Kier molecular flexibility index (Phi) is 8.76. The smallest absolute Gasteiger partial charge is 0.297 e. The minimum absolute atomic E-state index is 0.0175. The Bertz CT molecular complexity index is 3110. The number of fused-ring (bicyclic) bond motifs is 7. The Morgan fingerprint density at radius 3 is 1.69 bits per heavy atom. The van der Waals surface area contributed by atoms with Gasteiger partial charge in [0.15, 0.2) is 0 Å². The molecule has 0 atom stereocenters. The van der Waals surface area contributed by atoms with E-state index in [1.54, 1.807) is 0 Å². The van der Waals surface area contributed by atoms with E-state index in [4.69, 9.17) is 8.83 Å². The first-order chi connectivity index (χ1) is 29.2. The molecule has 2 aliphatic rings. The van der Waals surface area contributed by atoms with Crippen LogP contribution in [0.2, 0.25) is 0 Å². The summed E-state index contributed by atoms with van der Waals surface area (Å²) in [6, 6.07) is 36.8. The number of para-hydroxylation sites is 1. The first-order valence-corrected chi connectivity index (χ1v) is 22.4. The number of nitrogens with zero attached hydrogens (tertiary/aromatic N) is 2. The molecule has 2 aromatic heterocycles. The Morgan fingerprint density at radius 2 is 1.05 bits per heavy atom. The Labute approximate surface area is 368 Å². The van der Waals surface area contributed by atoms with Gasteiger partial charge in [0.2, 0.25) is 0 Å². The van der Waals surface area contributed by atoms with Gasteiger partial charge >= 0.3 is 0 Å². The topological polar surface area (TPSA) is 32.8 Å². The van der Waals surface area contributed by atoms with E-state index in [0.717, 1.165) is 44.4 Å². The number of anilines is 6. The predicted molar refractivity (Wildman–Crippen MR) is 265 cm³/mol. The molecule has 0 fully saturated rings. The fourth-order valence-corrected chi connectivity index (χ4v) is 10.4. The highest BCUT2D eigenvalue weighted by Crippen LogP contribution is 2.51. The van der Waals surface area contributed by atoms with Crippen LogP contribution in [0, 0.1) is 34.6 Å². The number of furan rings is 2. The lowest BCUT2D eigenvalue weighted by Gasteiger charge is -2.44. The summed E-state index contributed by atoms with van der Waals surface area (Å²) in [4.78, 5) is 5.15. The van der Waals surface area contributed by atoms with Gasteiger partial charge in [0.25, 0.3) is 6.71 Å². The summed E-state index contributed by atoms with van der Waals surface area (Å²) < 4.78 is 13.4. The molecule has 0 N–H and O–H groups in total. The molecule has 62 heavy (non-hydrogen) atoms. The maximum absolute atomic E-state index is 7.34. The third kappa shape index (κ3) is 6.09. The molecule has 0 spiro atoms. The standard InChI is InChI=1S/C57H59BN2O2/c1-32-23-46-50-47(24-32)60(52-35(4)27-40(28-36(52)5)57(12,13)14)53-42-29-38(55(6,7)8)20-22-49(42)62-54(53)58(50)44-30-39(56(9,10)11)19-21-45(44)59(46)51-33(2)25-37(26-34(51)3)43-31-61-48-18-16-15-17-41(43)48/h15-31H,1-14H3. The maximum Gasteiger partial charge on any atom is 0.297 e. The third-order valence-corrected chi connectivity index (χ3v) is 13.6. The van der Waals surface area contributed by atoms with Gasteiger partial charge in [0.05, 0.1) is 29.0 Å². The molecule has 5 heteroatoms. The summed E-state index contributed by atoms with van der Waals surface area (Å²) in [6.07, 6.45) is 1.91. The average molecular weight is 815 g/mol. The molecule has 6 aromatic carbocycles. The first-order valence-electron chi connectivity index (χ1n) is 22.4. The monoisotopic (exact) mass is 814 g/mol. The van der Waals surface area contributed by atoms with Crippen LogP contribution in [0.15, 0.2) is 112 Å². The minimum Gasteiger partial charge on any atom is -0.468 e. The molecule has 4 nitrogen and oxygen atoms in total. The zero-order chi connectivity index (χ0) is 43.9. The lowest BCUT2D eigenvalue weighted by molar-refractivity contribution is 0.589. The van der Waals surface area contributed by atoms with Crippen molar-refractivity contribution < 1.29 is 8.83 Å². The van der Waals surface area contributed by atoms with Crippen molar-refractivity contribution in [2.75, 3.05) is 9.80 Å². The molecule has 0 bridgehead atoms. The van der Waals surface area contributed by atoms with Crippen LogP contribution < -0.4 is 26.4 Å². The van der Waals surface area contributed by atoms with Crippen LogP contribution >= 0.6 is 0 Å². The molecule has 0 radical (unpaired) electrons. The number of hydrogen-bond donors (Lipinski definition) is 0. The third-order valence-electron chi connectivity index (χ3n) is 13.6. The van der Waals surface area contributed by atoms with E-state index in [-0.39, 0.29) is 23.0 Å². The van der Waals surface area contributed by atoms with E-state index >= 15 is 0 Å². The molecule has 0 aliphatic carbocycles. The summed E-state index contributed by atoms with van der Waals surface area (Å²) in [5.41, 5.74) is 24.9. The molecule has 0 saturated carbocycles. The van der Waals surface area contributed by atoms with Crippen molar-refractivity contribution in [1.82, 2.24) is 0 Å². The van der Waals surface area contributed by atoms with Crippen LogP contribution in [0.4, 0.5) is 34.1 Å². The van der Waals surface area contributed by atoms with Gasteiger partial charge in [-0.15, -0.1) is 0 Å². The number of aryl methyl sites for hydroxylation is 5. The number of benzene rings is 6. The van der Waals surface area contributed by atoms with Crippen molar-refractivity contribution in [3.8, 4) is 11.1 Å². The molecular weight excluding hydrogens is 755 g/mol. The van der Waals surface area contributed by atoms with Gasteiger partial charge in [-0.3, -0.25) is 0 Å². The molecule has 0 amide bonds. The van der Waals surface area contributed by atoms with Crippen LogP contribution in [0.1, 0.15) is 107 Å². The van der Waals surface area contributed by atoms with Crippen LogP contribution in [0.3, 0.4) is 0 Å². The average Bonchev–Trinajstić information content (AvgIpc) is 3.79. The molecule has 10 rings (SSSR count). The zero-order valence-electron chi connectivity index (χ0n) is 39.1. The van der Waals surface area contributed by atoms with Crippen LogP contribution in [-0.2, 0) is 16.2 Å². The summed E-state index contributed by atoms with van der Waals surface area (Å²) in [5, 5.41) is 2.29. The van der Waals surface area contributed by atoms with Crippen molar-refractivity contribution in [3.05, 3.63) is 148 Å². The summed E-state index contributed by atoms with van der Waals surface area (Å²) in [5.74, 6) is 0. The van der Waals surface area contributed by atoms with Crippen molar-refractivity contribution in [1.29, 1.82) is 0 Å². The van der Waals surface area contributed by atoms with Crippen molar-refractivity contribution >= 4 is 79.4 Å². The fourth-order valence-electron chi connectivity index (χ4n) is 10.4. The van der Waals surface area contributed by atoms with E-state index in [1.807, 2.05) is 18.4 Å². The molecule has 0 unspecified atom stereocenters. The number of rotatable bonds is 3. The van der Waals surface area contributed by atoms with Crippen LogP contribution in [0.5, 0.6) is 0 Å². The summed E-state index contributed by atoms with van der Waals surface area (Å²) in [6.45, 7) is 32.1. The second-order valence-electron chi connectivity index (χ2n) is 21.4. The van der Waals surface area contributed by atoms with E-state index < -0.39 is 0 Å². The second-order valence-corrected chi connectivity index (χ2v) is 21.4. The van der Waals surface area contributed by atoms with Crippen molar-refractivity contribution in [2.45, 2.75) is 113 Å².